The van der Waals surface area contributed by atoms with Gasteiger partial charge in [0.05, 0.1) is 5.56 Å². The zero-order valence-electron chi connectivity index (χ0n) is 12.7. The Labute approximate surface area is 129 Å². The molecule has 0 unspecified atom stereocenters. The van der Waals surface area contributed by atoms with E-state index in [0.717, 1.165) is 54.4 Å². The van der Waals surface area contributed by atoms with Gasteiger partial charge in [-0.05, 0) is 62.9 Å². The maximum Gasteiger partial charge on any atom is 0.339 e. The van der Waals surface area contributed by atoms with Gasteiger partial charge in [0.15, 0.2) is 0 Å². The predicted molar refractivity (Wildman–Crippen MR) is 85.3 cm³/mol. The molecule has 2 heterocycles. The second kappa shape index (κ2) is 5.43. The number of rotatable bonds is 2. The Balaban J connectivity index is 1.84. The largest absolute Gasteiger partial charge is 0.507 e. The summed E-state index contributed by atoms with van der Waals surface area (Å²) < 4.78 is 5.62. The molecule has 4 heteroatoms. The second-order valence-corrected chi connectivity index (χ2v) is 6.48. The third-order valence-corrected chi connectivity index (χ3v) is 5.05. The lowest BCUT2D eigenvalue weighted by atomic mass is 10.0. The van der Waals surface area contributed by atoms with E-state index in [1.807, 2.05) is 6.07 Å². The number of fused-ring (bicyclic) bond motifs is 3. The molecule has 1 saturated heterocycles. The molecule has 2 aromatic rings. The van der Waals surface area contributed by atoms with Crippen LogP contribution in [0.25, 0.3) is 11.0 Å². The van der Waals surface area contributed by atoms with Crippen molar-refractivity contribution in [3.63, 3.8) is 0 Å². The first kappa shape index (κ1) is 13.8. The molecule has 0 spiro atoms. The summed E-state index contributed by atoms with van der Waals surface area (Å²) in [4.78, 5) is 14.6. The van der Waals surface area contributed by atoms with E-state index in [9.17, 15) is 9.90 Å². The Morgan fingerprint density at radius 3 is 2.64 bits per heavy atom. The first-order valence-electron chi connectivity index (χ1n) is 8.26. The summed E-state index contributed by atoms with van der Waals surface area (Å²) >= 11 is 0. The van der Waals surface area contributed by atoms with Crippen molar-refractivity contribution in [1.29, 1.82) is 0 Å². The smallest absolute Gasteiger partial charge is 0.339 e. The number of hydrogen-bond donors (Lipinski definition) is 1. The van der Waals surface area contributed by atoms with Gasteiger partial charge in [-0.15, -0.1) is 0 Å². The highest BCUT2D eigenvalue weighted by Gasteiger charge is 2.23. The average Bonchev–Trinajstić information content (AvgIpc) is 3.02. The lowest BCUT2D eigenvalue weighted by Gasteiger charge is -2.26. The SMILES string of the molecule is O=c1oc2c(CN3CCCCC3)c(O)ccc2c2c1CCC2. The minimum atomic E-state index is -0.217. The highest BCUT2D eigenvalue weighted by atomic mass is 16.4. The van der Waals surface area contributed by atoms with E-state index in [4.69, 9.17) is 4.42 Å². The van der Waals surface area contributed by atoms with Crippen LogP contribution in [0.5, 0.6) is 5.75 Å². The third kappa shape index (κ3) is 2.22. The summed E-state index contributed by atoms with van der Waals surface area (Å²) in [6.45, 7) is 2.75. The molecule has 0 atom stereocenters. The van der Waals surface area contributed by atoms with Gasteiger partial charge in [0.2, 0.25) is 0 Å². The predicted octanol–water partition coefficient (Wildman–Crippen LogP) is 2.97. The zero-order chi connectivity index (χ0) is 15.1. The number of piperidine rings is 1. The van der Waals surface area contributed by atoms with Crippen LogP contribution < -0.4 is 5.63 Å². The molecular formula is C18H21NO3. The van der Waals surface area contributed by atoms with Crippen LogP contribution in [0.2, 0.25) is 0 Å². The van der Waals surface area contributed by atoms with E-state index >= 15 is 0 Å². The van der Waals surface area contributed by atoms with Crippen molar-refractivity contribution in [2.24, 2.45) is 0 Å². The highest BCUT2D eigenvalue weighted by molar-refractivity contribution is 5.86. The van der Waals surface area contributed by atoms with E-state index < -0.39 is 0 Å². The van der Waals surface area contributed by atoms with Gasteiger partial charge in [0, 0.05) is 17.5 Å². The molecule has 0 radical (unpaired) electrons. The number of likely N-dealkylation sites (tertiary alicyclic amines) is 1. The number of aryl methyl sites for hydroxylation is 1. The average molecular weight is 299 g/mol. The second-order valence-electron chi connectivity index (χ2n) is 6.48. The molecule has 0 saturated carbocycles. The molecule has 1 N–H and O–H groups in total. The molecule has 1 aliphatic carbocycles. The Kier molecular flexibility index (Phi) is 3.41. The molecule has 22 heavy (non-hydrogen) atoms. The first-order valence-corrected chi connectivity index (χ1v) is 8.26. The van der Waals surface area contributed by atoms with Crippen molar-refractivity contribution in [1.82, 2.24) is 4.90 Å². The molecule has 4 nitrogen and oxygen atoms in total. The van der Waals surface area contributed by atoms with E-state index in [-0.39, 0.29) is 11.4 Å². The summed E-state index contributed by atoms with van der Waals surface area (Å²) in [6.07, 6.45) is 6.44. The van der Waals surface area contributed by atoms with Crippen molar-refractivity contribution in [2.75, 3.05) is 13.1 Å². The summed E-state index contributed by atoms with van der Waals surface area (Å²) in [7, 11) is 0. The lowest BCUT2D eigenvalue weighted by Crippen LogP contribution is -2.29. The van der Waals surface area contributed by atoms with Crippen LogP contribution in [0.1, 0.15) is 42.4 Å². The standard InChI is InChI=1S/C18H21NO3/c20-16-8-7-13-12-5-4-6-14(12)18(21)22-17(13)15(16)11-19-9-2-1-3-10-19/h7-8,20H,1-6,9-11H2. The maximum absolute atomic E-state index is 12.2. The number of phenolic OH excluding ortho intramolecular Hbond substituents is 1. The summed E-state index contributed by atoms with van der Waals surface area (Å²) in [6, 6.07) is 3.65. The van der Waals surface area contributed by atoms with Crippen LogP contribution in [0.3, 0.4) is 0 Å². The molecule has 0 amide bonds. The van der Waals surface area contributed by atoms with Gasteiger partial charge < -0.3 is 9.52 Å². The van der Waals surface area contributed by atoms with E-state index in [1.54, 1.807) is 6.07 Å². The van der Waals surface area contributed by atoms with Gasteiger partial charge in [-0.2, -0.15) is 0 Å². The van der Waals surface area contributed by atoms with Crippen molar-refractivity contribution in [3.05, 3.63) is 39.2 Å². The van der Waals surface area contributed by atoms with Crippen LogP contribution in [0.4, 0.5) is 0 Å². The van der Waals surface area contributed by atoms with E-state index in [1.165, 1.54) is 19.3 Å². The Morgan fingerprint density at radius 2 is 1.82 bits per heavy atom. The van der Waals surface area contributed by atoms with Crippen molar-refractivity contribution >= 4 is 11.0 Å². The summed E-state index contributed by atoms with van der Waals surface area (Å²) in [5.41, 5.74) is 3.11. The molecular weight excluding hydrogens is 278 g/mol. The number of nitrogens with zero attached hydrogens (tertiary/aromatic N) is 1. The molecule has 1 aliphatic heterocycles. The monoisotopic (exact) mass is 299 g/mol. The Bertz CT molecular complexity index is 772. The van der Waals surface area contributed by atoms with Crippen molar-refractivity contribution < 1.29 is 9.52 Å². The summed E-state index contributed by atoms with van der Waals surface area (Å²) in [5, 5.41) is 11.3. The normalized spacial score (nSPS) is 18.7. The molecule has 1 fully saturated rings. The fourth-order valence-corrected chi connectivity index (χ4v) is 3.89. The number of benzene rings is 1. The number of phenols is 1. The Hall–Kier alpha value is -1.81. The number of hydrogen-bond acceptors (Lipinski definition) is 4. The minimum Gasteiger partial charge on any atom is -0.507 e. The van der Waals surface area contributed by atoms with Crippen LogP contribution in [-0.2, 0) is 19.4 Å². The van der Waals surface area contributed by atoms with Crippen molar-refractivity contribution in [3.8, 4) is 5.75 Å². The van der Waals surface area contributed by atoms with Crippen LogP contribution in [0, 0.1) is 0 Å². The molecule has 1 aromatic heterocycles. The van der Waals surface area contributed by atoms with Gasteiger partial charge in [-0.1, -0.05) is 6.42 Å². The molecule has 2 aliphatic rings. The fourth-order valence-electron chi connectivity index (χ4n) is 3.89. The van der Waals surface area contributed by atoms with Crippen LogP contribution in [-0.4, -0.2) is 23.1 Å². The zero-order valence-corrected chi connectivity index (χ0v) is 12.7. The maximum atomic E-state index is 12.2. The third-order valence-electron chi connectivity index (χ3n) is 5.05. The minimum absolute atomic E-state index is 0.217. The van der Waals surface area contributed by atoms with Gasteiger partial charge in [-0.3, -0.25) is 4.90 Å². The fraction of sp³-hybridized carbons (Fsp3) is 0.500. The summed E-state index contributed by atoms with van der Waals surface area (Å²) in [5.74, 6) is 0.235. The highest BCUT2D eigenvalue weighted by Crippen LogP contribution is 2.34. The van der Waals surface area contributed by atoms with Gasteiger partial charge >= 0.3 is 5.63 Å². The molecule has 4 rings (SSSR count). The van der Waals surface area contributed by atoms with Gasteiger partial charge in [0.25, 0.3) is 0 Å². The van der Waals surface area contributed by atoms with Gasteiger partial charge in [-0.25, -0.2) is 4.79 Å². The lowest BCUT2D eigenvalue weighted by molar-refractivity contribution is 0.218. The molecule has 1 aromatic carbocycles. The molecule has 116 valence electrons. The van der Waals surface area contributed by atoms with Crippen LogP contribution in [0.15, 0.2) is 21.3 Å². The molecule has 0 bridgehead atoms. The topological polar surface area (TPSA) is 53.7 Å². The van der Waals surface area contributed by atoms with Crippen molar-refractivity contribution in [2.45, 2.75) is 45.1 Å². The van der Waals surface area contributed by atoms with E-state index in [2.05, 4.69) is 4.90 Å². The van der Waals surface area contributed by atoms with Crippen LogP contribution >= 0.6 is 0 Å². The van der Waals surface area contributed by atoms with Gasteiger partial charge in [0.1, 0.15) is 11.3 Å². The Morgan fingerprint density at radius 1 is 1.05 bits per heavy atom. The first-order chi connectivity index (χ1) is 10.7. The van der Waals surface area contributed by atoms with E-state index in [0.29, 0.717) is 12.1 Å². The number of aromatic hydroxyl groups is 1. The quantitative estimate of drug-likeness (QED) is 0.866.